The molecule has 42 heavy (non-hydrogen) atoms. The Kier molecular flexibility index (Phi) is 11.1. The molecule has 2 aromatic rings. The molecule has 1 aliphatic rings. The maximum absolute atomic E-state index is 14.2. The summed E-state index contributed by atoms with van der Waals surface area (Å²) in [5.74, 6) is -1.49. The van der Waals surface area contributed by atoms with Gasteiger partial charge in [0, 0.05) is 35.2 Å². The Hall–Kier alpha value is -2.63. The van der Waals surface area contributed by atoms with Gasteiger partial charge in [-0.15, -0.1) is 0 Å². The predicted molar refractivity (Wildman–Crippen MR) is 166 cm³/mol. The van der Waals surface area contributed by atoms with E-state index in [9.17, 15) is 14.9 Å². The molecule has 0 saturated carbocycles. The third-order valence-corrected chi connectivity index (χ3v) is 7.98. The molecule has 0 unspecified atom stereocenters. The highest BCUT2D eigenvalue weighted by atomic mass is 35.5. The molecule has 1 saturated heterocycles. The molecule has 7 nitrogen and oxygen atoms in total. The highest BCUT2D eigenvalue weighted by Gasteiger charge is 2.64. The van der Waals surface area contributed by atoms with Gasteiger partial charge in [0.2, 0.25) is 5.91 Å². The molecule has 1 amide bonds. The van der Waals surface area contributed by atoms with Crippen LogP contribution in [0, 0.1) is 16.7 Å². The number of halogens is 2. The summed E-state index contributed by atoms with van der Waals surface area (Å²) < 4.78 is 6.00. The van der Waals surface area contributed by atoms with E-state index in [-0.39, 0.29) is 24.5 Å². The van der Waals surface area contributed by atoms with Crippen LogP contribution >= 0.6 is 23.2 Å². The lowest BCUT2D eigenvalue weighted by Gasteiger charge is -2.39. The lowest BCUT2D eigenvalue weighted by molar-refractivity contribution is -0.161. The minimum atomic E-state index is -1.26. The predicted octanol–water partition coefficient (Wildman–Crippen LogP) is 6.26. The molecule has 0 spiro atoms. The zero-order valence-corrected chi connectivity index (χ0v) is 26.9. The van der Waals surface area contributed by atoms with Crippen LogP contribution in [0.2, 0.25) is 10.0 Å². The zero-order chi connectivity index (χ0) is 31.3. The summed E-state index contributed by atoms with van der Waals surface area (Å²) >= 11 is 12.8. The first kappa shape index (κ1) is 33.9. The molecule has 2 aromatic carbocycles. The number of aliphatic hydroxyl groups is 1. The molecule has 0 bridgehead atoms. The first-order chi connectivity index (χ1) is 19.6. The molecule has 1 heterocycles. The number of esters is 1. The van der Waals surface area contributed by atoms with Gasteiger partial charge in [0.25, 0.3) is 0 Å². The number of benzene rings is 2. The van der Waals surface area contributed by atoms with E-state index >= 15 is 0 Å². The number of aliphatic hydroxyl groups excluding tert-OH is 1. The van der Waals surface area contributed by atoms with E-state index in [1.807, 2.05) is 29.2 Å². The zero-order valence-electron chi connectivity index (χ0n) is 25.4. The first-order valence-electron chi connectivity index (χ1n) is 14.4. The van der Waals surface area contributed by atoms with Crippen molar-refractivity contribution in [2.24, 2.45) is 5.41 Å². The quantitative estimate of drug-likeness (QED) is 0.242. The Bertz CT molecular complexity index is 1280. The monoisotopic (exact) mass is 615 g/mol. The second kappa shape index (κ2) is 13.8. The Morgan fingerprint density at radius 3 is 2.26 bits per heavy atom. The van der Waals surface area contributed by atoms with Gasteiger partial charge in [-0.3, -0.25) is 14.5 Å². The molecule has 3 rings (SSSR count). The molecule has 0 radical (unpaired) electrons. The van der Waals surface area contributed by atoms with E-state index in [2.05, 4.69) is 32.2 Å². The van der Waals surface area contributed by atoms with Crippen molar-refractivity contribution >= 4 is 35.1 Å². The second-order valence-corrected chi connectivity index (χ2v) is 14.1. The minimum absolute atomic E-state index is 0.0451. The van der Waals surface area contributed by atoms with Crippen molar-refractivity contribution in [3.8, 4) is 6.07 Å². The Morgan fingerprint density at radius 2 is 1.71 bits per heavy atom. The van der Waals surface area contributed by atoms with Gasteiger partial charge in [-0.2, -0.15) is 5.26 Å². The van der Waals surface area contributed by atoms with Crippen LogP contribution in [0.5, 0.6) is 0 Å². The minimum Gasteiger partial charge on any atom is -0.459 e. The molecular weight excluding hydrogens is 573 g/mol. The Balaban J connectivity index is 2.32. The van der Waals surface area contributed by atoms with E-state index in [1.54, 1.807) is 45.0 Å². The first-order valence-corrected chi connectivity index (χ1v) is 15.2. The van der Waals surface area contributed by atoms with E-state index in [1.165, 1.54) is 0 Å². The van der Waals surface area contributed by atoms with E-state index in [0.29, 0.717) is 47.0 Å². The summed E-state index contributed by atoms with van der Waals surface area (Å²) in [5, 5.41) is 24.3. The number of ether oxygens (including phenoxy) is 1. The van der Waals surface area contributed by atoms with E-state index < -0.39 is 35.0 Å². The highest BCUT2D eigenvalue weighted by Crippen LogP contribution is 2.55. The molecular formula is C33H43Cl2N3O4. The summed E-state index contributed by atoms with van der Waals surface area (Å²) in [7, 11) is 0. The number of unbranched alkanes of at least 4 members (excludes halogenated alkanes) is 1. The van der Waals surface area contributed by atoms with Crippen molar-refractivity contribution in [3.05, 3.63) is 69.7 Å². The number of nitrogens with zero attached hydrogens (tertiary/aromatic N) is 2. The van der Waals surface area contributed by atoms with Gasteiger partial charge < -0.3 is 15.2 Å². The number of carbonyl (C=O) groups excluding carboxylic acids is 2. The molecule has 0 aromatic heterocycles. The van der Waals surface area contributed by atoms with Gasteiger partial charge in [0.1, 0.15) is 17.1 Å². The summed E-state index contributed by atoms with van der Waals surface area (Å²) in [6, 6.07) is 15.6. The molecule has 1 fully saturated rings. The standard InChI is InChI=1S/C33H43Cl2N3O4/c1-31(2,3)19-26-33(21-36,23-12-14-24(34)15-13-23)28(22-10-9-11-25(35)18-22)29(30(41)42-32(4,5)6)38(26)20-27(40)37-16-7-8-17-39/h9-15,18,26,28-29,39H,7-8,16-17,19-20H2,1-6H3,(H,37,40)/t26-,28-,29+,33-/m0/s1. The molecule has 1 aliphatic heterocycles. The number of hydrogen-bond donors (Lipinski definition) is 2. The van der Waals surface area contributed by atoms with Gasteiger partial charge in [-0.1, -0.05) is 68.2 Å². The van der Waals surface area contributed by atoms with Crippen LogP contribution in [0.15, 0.2) is 48.5 Å². The normalized spacial score (nSPS) is 22.9. The summed E-state index contributed by atoms with van der Waals surface area (Å²) in [6.07, 6.45) is 1.71. The smallest absolute Gasteiger partial charge is 0.324 e. The van der Waals surface area contributed by atoms with E-state index in [4.69, 9.17) is 33.0 Å². The maximum Gasteiger partial charge on any atom is 0.324 e. The average molecular weight is 617 g/mol. The van der Waals surface area contributed by atoms with Crippen LogP contribution in [0.3, 0.4) is 0 Å². The summed E-state index contributed by atoms with van der Waals surface area (Å²) in [6.45, 7) is 12.0. The fourth-order valence-electron chi connectivity index (χ4n) is 5.94. The number of likely N-dealkylation sites (tertiary alicyclic amines) is 1. The third kappa shape index (κ3) is 8.05. The van der Waals surface area contributed by atoms with Crippen LogP contribution in [0.4, 0.5) is 0 Å². The van der Waals surface area contributed by atoms with Crippen molar-refractivity contribution < 1.29 is 19.4 Å². The lowest BCUT2D eigenvalue weighted by atomic mass is 9.63. The van der Waals surface area contributed by atoms with Crippen molar-refractivity contribution in [2.75, 3.05) is 19.7 Å². The van der Waals surface area contributed by atoms with Crippen molar-refractivity contribution in [3.63, 3.8) is 0 Å². The summed E-state index contributed by atoms with van der Waals surface area (Å²) in [5.41, 5.74) is -0.920. The fourth-order valence-corrected chi connectivity index (χ4v) is 6.27. The molecule has 2 N–H and O–H groups in total. The van der Waals surface area contributed by atoms with Crippen LogP contribution in [0.25, 0.3) is 0 Å². The Morgan fingerprint density at radius 1 is 1.05 bits per heavy atom. The molecule has 9 heteroatoms. The third-order valence-electron chi connectivity index (χ3n) is 7.49. The number of nitrogens with one attached hydrogen (secondary N) is 1. The van der Waals surface area contributed by atoms with Gasteiger partial charge >= 0.3 is 5.97 Å². The largest absolute Gasteiger partial charge is 0.459 e. The van der Waals surface area contributed by atoms with Gasteiger partial charge in [0.15, 0.2) is 0 Å². The molecule has 228 valence electrons. The number of nitriles is 1. The fraction of sp³-hybridized carbons (Fsp3) is 0.545. The van der Waals surface area contributed by atoms with Crippen LogP contribution in [0.1, 0.15) is 77.8 Å². The highest BCUT2D eigenvalue weighted by molar-refractivity contribution is 6.30. The van der Waals surface area contributed by atoms with Crippen LogP contribution in [-0.4, -0.2) is 59.3 Å². The van der Waals surface area contributed by atoms with Crippen LogP contribution < -0.4 is 5.32 Å². The SMILES string of the molecule is CC(C)(C)C[C@@H]1N(CC(=O)NCCCCO)[C@@H](C(=O)OC(C)(C)C)[C@H](c2cccc(Cl)c2)[C@@]1(C#N)c1ccc(Cl)cc1. The molecule has 0 aliphatic carbocycles. The lowest BCUT2D eigenvalue weighted by Crippen LogP contribution is -2.51. The second-order valence-electron chi connectivity index (χ2n) is 13.2. The van der Waals surface area contributed by atoms with E-state index in [0.717, 1.165) is 0 Å². The summed E-state index contributed by atoms with van der Waals surface area (Å²) in [4.78, 5) is 29.5. The number of hydrogen-bond acceptors (Lipinski definition) is 6. The maximum atomic E-state index is 14.2. The van der Waals surface area contributed by atoms with Crippen molar-refractivity contribution in [2.45, 2.75) is 89.8 Å². The van der Waals surface area contributed by atoms with Gasteiger partial charge in [-0.05, 0) is 80.8 Å². The van der Waals surface area contributed by atoms with Crippen molar-refractivity contribution in [1.82, 2.24) is 10.2 Å². The topological polar surface area (TPSA) is 103 Å². The van der Waals surface area contributed by atoms with Gasteiger partial charge in [-0.25, -0.2) is 0 Å². The van der Waals surface area contributed by atoms with Gasteiger partial charge in [0.05, 0.1) is 12.6 Å². The number of rotatable bonds is 10. The molecule has 4 atom stereocenters. The van der Waals surface area contributed by atoms with Crippen LogP contribution in [-0.2, 0) is 19.7 Å². The van der Waals surface area contributed by atoms with Crippen molar-refractivity contribution in [1.29, 1.82) is 5.26 Å². The average Bonchev–Trinajstić information content (AvgIpc) is 3.14. The number of amides is 1. The Labute approximate surface area is 260 Å². The number of carbonyl (C=O) groups is 2.